The van der Waals surface area contributed by atoms with Gasteiger partial charge in [-0.25, -0.2) is 4.98 Å². The first-order valence-electron chi connectivity index (χ1n) is 10.8. The largest absolute Gasteiger partial charge is 0.394 e. The molecule has 0 fully saturated rings. The average Bonchev–Trinajstić information content (AvgIpc) is 3.10. The number of aryl methyl sites for hydroxylation is 1. The molecule has 0 bridgehead atoms. The summed E-state index contributed by atoms with van der Waals surface area (Å²) in [5, 5.41) is 17.2. The quantitative estimate of drug-likeness (QED) is 0.445. The molecule has 3 aromatic rings. The molecule has 3 rings (SSSR count). The molecule has 0 saturated carbocycles. The van der Waals surface area contributed by atoms with Gasteiger partial charge in [0.1, 0.15) is 11.7 Å². The Balaban J connectivity index is 1.88. The predicted octanol–water partition coefficient (Wildman–Crippen LogP) is 3.30. The maximum atomic E-state index is 13.1. The third-order valence-corrected chi connectivity index (χ3v) is 5.57. The summed E-state index contributed by atoms with van der Waals surface area (Å²) in [6.45, 7) is 9.57. The monoisotopic (exact) mass is 424 g/mol. The van der Waals surface area contributed by atoms with Gasteiger partial charge in [-0.05, 0) is 37.3 Å². The third-order valence-electron chi connectivity index (χ3n) is 5.57. The van der Waals surface area contributed by atoms with E-state index < -0.39 is 6.04 Å². The molecule has 2 heterocycles. The number of rotatable bonds is 8. The van der Waals surface area contributed by atoms with Crippen LogP contribution in [0, 0.1) is 18.8 Å². The fourth-order valence-electron chi connectivity index (χ4n) is 3.76. The van der Waals surface area contributed by atoms with Gasteiger partial charge in [0.2, 0.25) is 5.91 Å². The summed E-state index contributed by atoms with van der Waals surface area (Å²) >= 11 is 0. The minimum atomic E-state index is -0.707. The Morgan fingerprint density at radius 3 is 2.45 bits per heavy atom. The fraction of sp³-hybridized carbons (Fsp3) is 0.458. The summed E-state index contributed by atoms with van der Waals surface area (Å²) in [5.41, 5.74) is 2.89. The maximum absolute atomic E-state index is 13.1. The van der Waals surface area contributed by atoms with Crippen molar-refractivity contribution >= 4 is 33.6 Å². The van der Waals surface area contributed by atoms with Crippen molar-refractivity contribution in [3.05, 3.63) is 41.7 Å². The van der Waals surface area contributed by atoms with Crippen LogP contribution in [0.25, 0.3) is 21.8 Å². The highest BCUT2D eigenvalue weighted by Crippen LogP contribution is 2.27. The zero-order chi connectivity index (χ0) is 22.7. The number of fused-ring (bicyclic) bond motifs is 3. The number of carbonyl (C=O) groups excluding carboxylic acids is 2. The first kappa shape index (κ1) is 22.7. The fourth-order valence-corrected chi connectivity index (χ4v) is 3.76. The van der Waals surface area contributed by atoms with Crippen LogP contribution in [0.15, 0.2) is 30.3 Å². The van der Waals surface area contributed by atoms with Gasteiger partial charge in [-0.2, -0.15) is 0 Å². The molecule has 0 spiro atoms. The Bertz CT molecular complexity index is 1090. The number of hydrogen-bond donors (Lipinski definition) is 4. The molecule has 2 aromatic heterocycles. The number of aromatic nitrogens is 2. The average molecular weight is 425 g/mol. The Labute approximate surface area is 182 Å². The minimum Gasteiger partial charge on any atom is -0.394 e. The number of aliphatic hydroxyl groups is 1. The third kappa shape index (κ3) is 5.05. The summed E-state index contributed by atoms with van der Waals surface area (Å²) in [7, 11) is 0. The molecule has 0 saturated heterocycles. The topological polar surface area (TPSA) is 107 Å². The summed E-state index contributed by atoms with van der Waals surface area (Å²) < 4.78 is 0. The lowest BCUT2D eigenvalue weighted by Crippen LogP contribution is -2.52. The van der Waals surface area contributed by atoms with Crippen LogP contribution in [0.3, 0.4) is 0 Å². The Morgan fingerprint density at radius 1 is 1.10 bits per heavy atom. The molecular weight excluding hydrogens is 392 g/mol. The summed E-state index contributed by atoms with van der Waals surface area (Å²) in [4.78, 5) is 33.8. The molecule has 0 aliphatic carbocycles. The second-order valence-corrected chi connectivity index (χ2v) is 8.88. The van der Waals surface area contributed by atoms with E-state index in [1.54, 1.807) is 6.07 Å². The van der Waals surface area contributed by atoms with Gasteiger partial charge in [0, 0.05) is 16.3 Å². The number of aromatic amines is 1. The van der Waals surface area contributed by atoms with E-state index in [1.165, 1.54) is 0 Å². The zero-order valence-corrected chi connectivity index (χ0v) is 18.8. The highest BCUT2D eigenvalue weighted by atomic mass is 16.3. The number of pyridine rings is 1. The van der Waals surface area contributed by atoms with Crippen molar-refractivity contribution in [2.45, 2.75) is 53.1 Å². The molecule has 2 unspecified atom stereocenters. The smallest absolute Gasteiger partial charge is 0.270 e. The van der Waals surface area contributed by atoms with Crippen molar-refractivity contribution in [2.24, 2.45) is 11.8 Å². The van der Waals surface area contributed by atoms with Gasteiger partial charge < -0.3 is 20.7 Å². The van der Waals surface area contributed by atoms with Crippen molar-refractivity contribution in [3.8, 4) is 0 Å². The van der Waals surface area contributed by atoms with E-state index in [9.17, 15) is 14.7 Å². The van der Waals surface area contributed by atoms with Gasteiger partial charge in [-0.1, -0.05) is 45.9 Å². The first-order chi connectivity index (χ1) is 14.7. The second-order valence-electron chi connectivity index (χ2n) is 8.88. The molecular formula is C24H32N4O3. The lowest BCUT2D eigenvalue weighted by molar-refractivity contribution is -0.124. The van der Waals surface area contributed by atoms with E-state index in [4.69, 9.17) is 0 Å². The molecule has 2 amide bonds. The number of carbonyl (C=O) groups is 2. The molecule has 31 heavy (non-hydrogen) atoms. The molecule has 0 radical (unpaired) electrons. The molecule has 0 aliphatic heterocycles. The number of aliphatic hydroxyl groups excluding tert-OH is 1. The molecule has 7 heteroatoms. The van der Waals surface area contributed by atoms with E-state index in [1.807, 2.05) is 58.9 Å². The van der Waals surface area contributed by atoms with Gasteiger partial charge in [-0.3, -0.25) is 9.59 Å². The summed E-state index contributed by atoms with van der Waals surface area (Å²) in [6, 6.07) is 8.61. The lowest BCUT2D eigenvalue weighted by Gasteiger charge is -2.25. The number of H-pyrrole nitrogens is 1. The van der Waals surface area contributed by atoms with Crippen LogP contribution < -0.4 is 10.6 Å². The zero-order valence-electron chi connectivity index (χ0n) is 18.8. The van der Waals surface area contributed by atoms with Crippen molar-refractivity contribution in [1.29, 1.82) is 0 Å². The van der Waals surface area contributed by atoms with Crippen LogP contribution in [0.1, 0.15) is 50.3 Å². The summed E-state index contributed by atoms with van der Waals surface area (Å²) in [5.74, 6) is -0.396. The van der Waals surface area contributed by atoms with Gasteiger partial charge in [-0.15, -0.1) is 0 Å². The predicted molar refractivity (Wildman–Crippen MR) is 123 cm³/mol. The summed E-state index contributed by atoms with van der Waals surface area (Å²) in [6.07, 6.45) is 0.488. The van der Waals surface area contributed by atoms with Gasteiger partial charge in [0.25, 0.3) is 5.91 Å². The Morgan fingerprint density at radius 2 is 1.81 bits per heavy atom. The van der Waals surface area contributed by atoms with Crippen molar-refractivity contribution in [3.63, 3.8) is 0 Å². The van der Waals surface area contributed by atoms with E-state index >= 15 is 0 Å². The number of para-hydroxylation sites is 1. The lowest BCUT2D eigenvalue weighted by atomic mass is 10.0. The number of nitrogens with zero attached hydrogens (tertiary/aromatic N) is 1. The molecule has 0 aliphatic rings. The van der Waals surface area contributed by atoms with Gasteiger partial charge in [0.05, 0.1) is 23.9 Å². The van der Waals surface area contributed by atoms with Crippen LogP contribution in [0.5, 0.6) is 0 Å². The Hall–Kier alpha value is -2.93. The first-order valence-corrected chi connectivity index (χ1v) is 10.8. The highest BCUT2D eigenvalue weighted by Gasteiger charge is 2.26. The Kier molecular flexibility index (Phi) is 6.95. The molecule has 166 valence electrons. The number of nitrogens with one attached hydrogen (secondary N) is 3. The molecule has 7 nitrogen and oxygen atoms in total. The van der Waals surface area contributed by atoms with Crippen LogP contribution in [-0.4, -0.2) is 45.6 Å². The van der Waals surface area contributed by atoms with Crippen LogP contribution in [-0.2, 0) is 4.79 Å². The van der Waals surface area contributed by atoms with Crippen LogP contribution in [0.2, 0.25) is 0 Å². The van der Waals surface area contributed by atoms with Crippen LogP contribution >= 0.6 is 0 Å². The van der Waals surface area contributed by atoms with Crippen molar-refractivity contribution < 1.29 is 14.7 Å². The number of hydrogen-bond acceptors (Lipinski definition) is 4. The number of benzene rings is 1. The number of amides is 2. The SMILES string of the molecule is Cc1nc(C(=O)NC(CC(C)C)C(=O)NC(CO)C(C)C)cc2c1[nH]c1ccccc12. The highest BCUT2D eigenvalue weighted by molar-refractivity contribution is 6.10. The van der Waals surface area contributed by atoms with Gasteiger partial charge >= 0.3 is 0 Å². The van der Waals surface area contributed by atoms with Crippen molar-refractivity contribution in [1.82, 2.24) is 20.6 Å². The van der Waals surface area contributed by atoms with E-state index in [-0.39, 0.29) is 42.0 Å². The van der Waals surface area contributed by atoms with E-state index in [0.29, 0.717) is 6.42 Å². The molecule has 4 N–H and O–H groups in total. The minimum absolute atomic E-state index is 0.0814. The van der Waals surface area contributed by atoms with Crippen LogP contribution in [0.4, 0.5) is 0 Å². The maximum Gasteiger partial charge on any atom is 0.270 e. The van der Waals surface area contributed by atoms with E-state index in [2.05, 4.69) is 20.6 Å². The molecule has 1 aromatic carbocycles. The van der Waals surface area contributed by atoms with Gasteiger partial charge in [0.15, 0.2) is 0 Å². The normalized spacial score (nSPS) is 13.7. The van der Waals surface area contributed by atoms with Crippen molar-refractivity contribution in [2.75, 3.05) is 6.61 Å². The second kappa shape index (κ2) is 9.47. The van der Waals surface area contributed by atoms with E-state index in [0.717, 1.165) is 27.5 Å². The molecule has 2 atom stereocenters. The standard InChI is InChI=1S/C24H32N4O3/c1-13(2)10-19(23(30)28-21(12-29)14(3)4)27-24(31)20-11-17-16-8-6-7-9-18(16)26-22(17)15(5)25-20/h6-9,11,13-14,19,21,26,29H,10,12H2,1-5H3,(H,27,31)(H,28,30).